The van der Waals surface area contributed by atoms with Crippen LogP contribution in [0, 0.1) is 0 Å². The first kappa shape index (κ1) is 11.6. The number of rotatable bonds is 2. The molecule has 1 aliphatic rings. The SMILES string of the molecule is NCC(=O)N1CCc2ccccc2C1C(=O)O. The highest BCUT2D eigenvalue weighted by Crippen LogP contribution is 2.29. The second-order valence-corrected chi connectivity index (χ2v) is 3.98. The maximum Gasteiger partial charge on any atom is 0.331 e. The number of aliphatic carboxylic acids is 1. The lowest BCUT2D eigenvalue weighted by Crippen LogP contribution is -2.45. The molecule has 1 atom stereocenters. The lowest BCUT2D eigenvalue weighted by molar-refractivity contribution is -0.150. The van der Waals surface area contributed by atoms with Crippen molar-refractivity contribution >= 4 is 11.9 Å². The van der Waals surface area contributed by atoms with E-state index in [0.717, 1.165) is 5.56 Å². The summed E-state index contributed by atoms with van der Waals surface area (Å²) in [5, 5.41) is 9.27. The van der Waals surface area contributed by atoms with Crippen molar-refractivity contribution in [2.45, 2.75) is 12.5 Å². The smallest absolute Gasteiger partial charge is 0.331 e. The number of amides is 1. The molecule has 0 fully saturated rings. The van der Waals surface area contributed by atoms with E-state index in [2.05, 4.69) is 0 Å². The molecule has 2 rings (SSSR count). The molecule has 1 amide bonds. The maximum atomic E-state index is 11.6. The number of fused-ring (bicyclic) bond motifs is 1. The molecule has 0 aliphatic carbocycles. The standard InChI is InChI=1S/C12H14N2O3/c13-7-10(15)14-6-5-8-3-1-2-4-9(8)11(14)12(16)17/h1-4,11H,5-7,13H2,(H,16,17). The van der Waals surface area contributed by atoms with Gasteiger partial charge in [0, 0.05) is 6.54 Å². The second-order valence-electron chi connectivity index (χ2n) is 3.98. The van der Waals surface area contributed by atoms with Crippen molar-refractivity contribution in [1.29, 1.82) is 0 Å². The van der Waals surface area contributed by atoms with Gasteiger partial charge in [-0.05, 0) is 17.5 Å². The number of carboxylic acid groups (broad SMARTS) is 1. The van der Waals surface area contributed by atoms with E-state index in [4.69, 9.17) is 5.73 Å². The van der Waals surface area contributed by atoms with Crippen LogP contribution in [-0.4, -0.2) is 35.0 Å². The first-order valence-electron chi connectivity index (χ1n) is 5.45. The second kappa shape index (κ2) is 4.55. The first-order chi connectivity index (χ1) is 8.15. The number of carboxylic acids is 1. The van der Waals surface area contributed by atoms with Gasteiger partial charge in [0.2, 0.25) is 5.91 Å². The van der Waals surface area contributed by atoms with Gasteiger partial charge in [-0.3, -0.25) is 4.79 Å². The van der Waals surface area contributed by atoms with Crippen LogP contribution in [0.25, 0.3) is 0 Å². The number of benzene rings is 1. The topological polar surface area (TPSA) is 83.6 Å². The molecule has 1 aromatic carbocycles. The molecule has 0 saturated heterocycles. The van der Waals surface area contributed by atoms with E-state index in [1.807, 2.05) is 12.1 Å². The van der Waals surface area contributed by atoms with E-state index >= 15 is 0 Å². The molecular weight excluding hydrogens is 220 g/mol. The van der Waals surface area contributed by atoms with Gasteiger partial charge in [0.15, 0.2) is 6.04 Å². The molecule has 5 heteroatoms. The van der Waals surface area contributed by atoms with Crippen LogP contribution in [-0.2, 0) is 16.0 Å². The van der Waals surface area contributed by atoms with Crippen LogP contribution in [0.2, 0.25) is 0 Å². The number of hydrogen-bond donors (Lipinski definition) is 2. The molecule has 17 heavy (non-hydrogen) atoms. The molecule has 0 spiro atoms. The Morgan fingerprint density at radius 1 is 1.41 bits per heavy atom. The summed E-state index contributed by atoms with van der Waals surface area (Å²) < 4.78 is 0. The predicted octanol–water partition coefficient (Wildman–Crippen LogP) is 0.156. The van der Waals surface area contributed by atoms with Crippen molar-refractivity contribution in [3.05, 3.63) is 35.4 Å². The van der Waals surface area contributed by atoms with Crippen LogP contribution in [0.4, 0.5) is 0 Å². The summed E-state index contributed by atoms with van der Waals surface area (Å²) >= 11 is 0. The minimum absolute atomic E-state index is 0.161. The third-order valence-corrected chi connectivity index (χ3v) is 3.01. The monoisotopic (exact) mass is 234 g/mol. The normalized spacial score (nSPS) is 18.6. The van der Waals surface area contributed by atoms with Crippen LogP contribution < -0.4 is 5.73 Å². The fourth-order valence-electron chi connectivity index (χ4n) is 2.22. The van der Waals surface area contributed by atoms with Crippen LogP contribution in [0.15, 0.2) is 24.3 Å². The van der Waals surface area contributed by atoms with E-state index in [-0.39, 0.29) is 12.5 Å². The summed E-state index contributed by atoms with van der Waals surface area (Å²) in [6, 6.07) is 6.40. The van der Waals surface area contributed by atoms with Crippen molar-refractivity contribution in [2.24, 2.45) is 5.73 Å². The lowest BCUT2D eigenvalue weighted by Gasteiger charge is -2.34. The Kier molecular flexibility index (Phi) is 3.10. The molecule has 3 N–H and O–H groups in total. The van der Waals surface area contributed by atoms with Gasteiger partial charge in [-0.15, -0.1) is 0 Å². The van der Waals surface area contributed by atoms with Crippen molar-refractivity contribution < 1.29 is 14.7 Å². The lowest BCUT2D eigenvalue weighted by atomic mass is 9.92. The van der Waals surface area contributed by atoms with Gasteiger partial charge in [-0.2, -0.15) is 0 Å². The molecule has 1 aliphatic heterocycles. The zero-order valence-electron chi connectivity index (χ0n) is 9.30. The summed E-state index contributed by atoms with van der Waals surface area (Å²) in [6.45, 7) is 0.246. The Morgan fingerprint density at radius 2 is 2.12 bits per heavy atom. The van der Waals surface area contributed by atoms with E-state index in [1.54, 1.807) is 12.1 Å². The van der Waals surface area contributed by atoms with Crippen molar-refractivity contribution in [1.82, 2.24) is 4.90 Å². The Morgan fingerprint density at radius 3 is 2.76 bits per heavy atom. The van der Waals surface area contributed by atoms with Gasteiger partial charge in [-0.25, -0.2) is 4.79 Å². The fraction of sp³-hybridized carbons (Fsp3) is 0.333. The van der Waals surface area contributed by atoms with Crippen LogP contribution in [0.5, 0.6) is 0 Å². The van der Waals surface area contributed by atoms with E-state index in [0.29, 0.717) is 18.5 Å². The zero-order chi connectivity index (χ0) is 12.4. The number of nitrogens with two attached hydrogens (primary N) is 1. The third kappa shape index (κ3) is 2.01. The van der Waals surface area contributed by atoms with E-state index in [1.165, 1.54) is 4.90 Å². The maximum absolute atomic E-state index is 11.6. The fourth-order valence-corrected chi connectivity index (χ4v) is 2.22. The number of carbonyl (C=O) groups is 2. The van der Waals surface area contributed by atoms with Crippen LogP contribution in [0.3, 0.4) is 0 Å². The van der Waals surface area contributed by atoms with Gasteiger partial charge in [0.05, 0.1) is 6.54 Å². The molecule has 0 saturated carbocycles. The Balaban J connectivity index is 2.43. The van der Waals surface area contributed by atoms with Crippen LogP contribution >= 0.6 is 0 Å². The Labute approximate surface area is 98.8 Å². The zero-order valence-corrected chi connectivity index (χ0v) is 9.30. The quantitative estimate of drug-likeness (QED) is 0.763. The number of nitrogens with zero attached hydrogens (tertiary/aromatic N) is 1. The van der Waals surface area contributed by atoms with Gasteiger partial charge in [-0.1, -0.05) is 24.3 Å². The Bertz CT molecular complexity index is 459. The molecule has 5 nitrogen and oxygen atoms in total. The third-order valence-electron chi connectivity index (χ3n) is 3.01. The molecule has 0 aromatic heterocycles. The first-order valence-corrected chi connectivity index (χ1v) is 5.45. The van der Waals surface area contributed by atoms with Crippen molar-refractivity contribution in [3.8, 4) is 0 Å². The number of carbonyl (C=O) groups excluding carboxylic acids is 1. The van der Waals surface area contributed by atoms with Crippen molar-refractivity contribution in [2.75, 3.05) is 13.1 Å². The van der Waals surface area contributed by atoms with Crippen molar-refractivity contribution in [3.63, 3.8) is 0 Å². The Hall–Kier alpha value is -1.88. The average molecular weight is 234 g/mol. The molecule has 1 unspecified atom stereocenters. The summed E-state index contributed by atoms with van der Waals surface area (Å²) in [7, 11) is 0. The molecule has 0 radical (unpaired) electrons. The summed E-state index contributed by atoms with van der Waals surface area (Å²) in [5.74, 6) is -1.34. The molecule has 90 valence electrons. The van der Waals surface area contributed by atoms with Gasteiger partial charge in [0.25, 0.3) is 0 Å². The number of hydrogen-bond acceptors (Lipinski definition) is 3. The van der Waals surface area contributed by atoms with Gasteiger partial charge < -0.3 is 15.7 Å². The molecule has 1 aromatic rings. The van der Waals surface area contributed by atoms with Gasteiger partial charge in [0.1, 0.15) is 0 Å². The summed E-state index contributed by atoms with van der Waals surface area (Å²) in [6.07, 6.45) is 0.672. The predicted molar refractivity (Wildman–Crippen MR) is 61.3 cm³/mol. The summed E-state index contributed by atoms with van der Waals surface area (Å²) in [5.41, 5.74) is 6.98. The van der Waals surface area contributed by atoms with Gasteiger partial charge >= 0.3 is 5.97 Å². The minimum Gasteiger partial charge on any atom is -0.479 e. The summed E-state index contributed by atoms with van der Waals surface area (Å²) in [4.78, 5) is 24.3. The highest BCUT2D eigenvalue weighted by atomic mass is 16.4. The molecule has 0 bridgehead atoms. The largest absolute Gasteiger partial charge is 0.479 e. The molecule has 1 heterocycles. The highest BCUT2D eigenvalue weighted by Gasteiger charge is 2.34. The molecular formula is C12H14N2O3. The van der Waals surface area contributed by atoms with E-state index < -0.39 is 12.0 Å². The van der Waals surface area contributed by atoms with Crippen LogP contribution in [0.1, 0.15) is 17.2 Å². The minimum atomic E-state index is -1.01. The van der Waals surface area contributed by atoms with E-state index in [9.17, 15) is 14.7 Å². The average Bonchev–Trinajstić information content (AvgIpc) is 2.36. The highest BCUT2D eigenvalue weighted by molar-refractivity contribution is 5.86.